The zero-order valence-corrected chi connectivity index (χ0v) is 30.1. The number of fused-ring (bicyclic) bond motifs is 2. The highest BCUT2D eigenvalue weighted by molar-refractivity contribution is 7.99. The number of aromatic nitrogens is 3. The maximum absolute atomic E-state index is 4.95. The van der Waals surface area contributed by atoms with Crippen LogP contribution in [0.5, 0.6) is 0 Å². The molecule has 1 aliphatic rings. The summed E-state index contributed by atoms with van der Waals surface area (Å²) in [6.07, 6.45) is 0. The number of nitrogens with zero attached hydrogens (tertiary/aromatic N) is 4. The summed E-state index contributed by atoms with van der Waals surface area (Å²) in [5, 5.41) is 2.97. The van der Waals surface area contributed by atoms with Crippen LogP contribution in [0.15, 0.2) is 131 Å². The first-order chi connectivity index (χ1) is 22.0. The van der Waals surface area contributed by atoms with Crippen LogP contribution < -0.4 is 15.3 Å². The van der Waals surface area contributed by atoms with Crippen molar-refractivity contribution < 1.29 is 0 Å². The molecule has 2 heterocycles. The fourth-order valence-electron chi connectivity index (χ4n) is 5.72. The molecule has 0 saturated heterocycles. The first-order valence-corrected chi connectivity index (χ1v) is 23.6. The summed E-state index contributed by atoms with van der Waals surface area (Å²) in [7, 11) is -2.95. The highest BCUT2D eigenvalue weighted by atomic mass is 32.2. The Kier molecular flexibility index (Phi) is 7.79. The molecule has 1 aliphatic heterocycles. The second kappa shape index (κ2) is 11.8. The van der Waals surface area contributed by atoms with Crippen molar-refractivity contribution >= 4 is 55.3 Å². The van der Waals surface area contributed by atoms with Gasteiger partial charge in [0.05, 0.1) is 27.5 Å². The van der Waals surface area contributed by atoms with Crippen molar-refractivity contribution in [3.8, 4) is 34.2 Å². The Bertz CT molecular complexity index is 1910. The van der Waals surface area contributed by atoms with E-state index >= 15 is 0 Å². The molecule has 46 heavy (non-hydrogen) atoms. The van der Waals surface area contributed by atoms with Crippen LogP contribution in [0.4, 0.5) is 17.1 Å². The molecule has 5 aromatic carbocycles. The van der Waals surface area contributed by atoms with Crippen LogP contribution >= 0.6 is 11.8 Å². The largest absolute Gasteiger partial charge is 0.308 e. The summed E-state index contributed by atoms with van der Waals surface area (Å²) >= 11 is 1.92. The number of hydrogen-bond donors (Lipinski definition) is 0. The summed E-state index contributed by atoms with van der Waals surface area (Å²) in [6, 6.07) is 43.2. The van der Waals surface area contributed by atoms with Gasteiger partial charge in [-0.3, -0.25) is 0 Å². The van der Waals surface area contributed by atoms with E-state index in [9.17, 15) is 0 Å². The van der Waals surface area contributed by atoms with Gasteiger partial charge in [0.2, 0.25) is 0 Å². The molecule has 4 nitrogen and oxygen atoms in total. The van der Waals surface area contributed by atoms with E-state index in [0.29, 0.717) is 17.5 Å². The first kappa shape index (κ1) is 30.4. The lowest BCUT2D eigenvalue weighted by Gasteiger charge is -2.35. The Labute approximate surface area is 278 Å². The minimum absolute atomic E-state index is 0.661. The first-order valence-electron chi connectivity index (χ1n) is 15.8. The van der Waals surface area contributed by atoms with E-state index in [1.54, 1.807) is 0 Å². The molecule has 7 heteroatoms. The minimum Gasteiger partial charge on any atom is -0.308 e. The molecule has 0 amide bonds. The van der Waals surface area contributed by atoms with Gasteiger partial charge in [-0.05, 0) is 48.5 Å². The van der Waals surface area contributed by atoms with Gasteiger partial charge in [0.25, 0.3) is 0 Å². The third-order valence-electron chi connectivity index (χ3n) is 8.44. The summed E-state index contributed by atoms with van der Waals surface area (Å²) in [5.74, 6) is 2.00. The summed E-state index contributed by atoms with van der Waals surface area (Å²) in [6.45, 7) is 14.5. The van der Waals surface area contributed by atoms with E-state index in [1.165, 1.54) is 31.5 Å². The molecule has 7 rings (SSSR count). The van der Waals surface area contributed by atoms with E-state index in [4.69, 9.17) is 15.0 Å². The van der Waals surface area contributed by atoms with Crippen molar-refractivity contribution in [3.63, 3.8) is 0 Å². The Morgan fingerprint density at radius 1 is 0.457 bits per heavy atom. The molecule has 6 aromatic rings. The van der Waals surface area contributed by atoms with E-state index in [1.807, 2.05) is 72.4 Å². The third-order valence-corrected chi connectivity index (χ3v) is 13.6. The maximum atomic E-state index is 4.95. The SMILES string of the molecule is C[Si](C)(C)c1ccc2c(c1)Sc1cc([Si](C)(C)C)ccc1N2c1ccc(-c2nc(-c3ccccc3)nc(-c3ccccc3)n2)cc1. The number of anilines is 3. The normalized spacial score (nSPS) is 12.9. The summed E-state index contributed by atoms with van der Waals surface area (Å²) < 4.78 is 0. The zero-order chi connectivity index (χ0) is 32.1. The van der Waals surface area contributed by atoms with Gasteiger partial charge in [-0.2, -0.15) is 0 Å². The number of rotatable bonds is 6. The smallest absolute Gasteiger partial charge is 0.164 e. The van der Waals surface area contributed by atoms with Crippen LogP contribution in [0.25, 0.3) is 34.2 Å². The molecular weight excluding hydrogens is 613 g/mol. The third kappa shape index (κ3) is 5.98. The molecule has 0 saturated carbocycles. The van der Waals surface area contributed by atoms with Crippen LogP contribution in [0.2, 0.25) is 39.3 Å². The number of benzene rings is 5. The van der Waals surface area contributed by atoms with Gasteiger partial charge in [0.1, 0.15) is 0 Å². The Balaban J connectivity index is 1.33. The standard InChI is InChI=1S/C39H38N4SSi2/c1-45(2,3)31-21-23-33-35(25-31)44-36-26-32(46(4,5)6)22-24-34(36)43(33)30-19-17-29(18-20-30)39-41-37(27-13-9-7-10-14-27)40-38(42-39)28-15-11-8-12-16-28/h7-26H,1-6H3. The van der Waals surface area contributed by atoms with Gasteiger partial charge in [0, 0.05) is 32.2 Å². The Morgan fingerprint density at radius 2 is 0.848 bits per heavy atom. The van der Waals surface area contributed by atoms with Crippen molar-refractivity contribution in [2.75, 3.05) is 4.90 Å². The summed E-state index contributed by atoms with van der Waals surface area (Å²) in [5.41, 5.74) is 6.46. The molecule has 1 aromatic heterocycles. The maximum Gasteiger partial charge on any atom is 0.164 e. The van der Waals surface area contributed by atoms with E-state index < -0.39 is 16.1 Å². The van der Waals surface area contributed by atoms with Crippen molar-refractivity contribution in [3.05, 3.63) is 121 Å². The second-order valence-corrected chi connectivity index (χ2v) is 25.1. The van der Waals surface area contributed by atoms with E-state index in [0.717, 1.165) is 22.4 Å². The molecular formula is C39H38N4SSi2. The van der Waals surface area contributed by atoms with Gasteiger partial charge in [0.15, 0.2) is 17.5 Å². The zero-order valence-electron chi connectivity index (χ0n) is 27.2. The Morgan fingerprint density at radius 3 is 1.24 bits per heavy atom. The predicted octanol–water partition coefficient (Wildman–Crippen LogP) is 9.90. The van der Waals surface area contributed by atoms with Gasteiger partial charge < -0.3 is 4.90 Å². The monoisotopic (exact) mass is 650 g/mol. The van der Waals surface area contributed by atoms with Crippen LogP contribution in [0.1, 0.15) is 0 Å². The second-order valence-electron chi connectivity index (χ2n) is 13.9. The highest BCUT2D eigenvalue weighted by Crippen LogP contribution is 2.51. The van der Waals surface area contributed by atoms with Crippen LogP contribution in [0, 0.1) is 0 Å². The minimum atomic E-state index is -1.47. The van der Waals surface area contributed by atoms with Gasteiger partial charge in [-0.25, -0.2) is 15.0 Å². The quantitative estimate of drug-likeness (QED) is 0.168. The lowest BCUT2D eigenvalue weighted by molar-refractivity contribution is 1.07. The van der Waals surface area contributed by atoms with Gasteiger partial charge in [-0.15, -0.1) is 0 Å². The highest BCUT2D eigenvalue weighted by Gasteiger charge is 2.29. The van der Waals surface area contributed by atoms with Crippen LogP contribution in [0.3, 0.4) is 0 Å². The predicted molar refractivity (Wildman–Crippen MR) is 201 cm³/mol. The fourth-order valence-corrected chi connectivity index (χ4v) is 9.38. The topological polar surface area (TPSA) is 41.9 Å². The molecule has 0 N–H and O–H groups in total. The summed E-state index contributed by atoms with van der Waals surface area (Å²) in [4.78, 5) is 19.8. The lowest BCUT2D eigenvalue weighted by atomic mass is 10.1. The molecule has 0 atom stereocenters. The van der Waals surface area contributed by atoms with Crippen LogP contribution in [-0.2, 0) is 0 Å². The van der Waals surface area contributed by atoms with Gasteiger partial charge in [-0.1, -0.05) is 134 Å². The fraction of sp³-hybridized carbons (Fsp3) is 0.154. The van der Waals surface area contributed by atoms with E-state index in [-0.39, 0.29) is 0 Å². The van der Waals surface area contributed by atoms with Crippen molar-refractivity contribution in [2.24, 2.45) is 0 Å². The molecule has 0 unspecified atom stereocenters. The molecule has 0 spiro atoms. The number of hydrogen-bond acceptors (Lipinski definition) is 5. The molecule has 0 radical (unpaired) electrons. The molecule has 0 fully saturated rings. The average molecular weight is 651 g/mol. The van der Waals surface area contributed by atoms with Crippen molar-refractivity contribution in [2.45, 2.75) is 49.1 Å². The van der Waals surface area contributed by atoms with Gasteiger partial charge >= 0.3 is 0 Å². The lowest BCUT2D eigenvalue weighted by Crippen LogP contribution is -2.38. The molecule has 228 valence electrons. The molecule has 0 bridgehead atoms. The Hall–Kier alpha value is -4.31. The van der Waals surface area contributed by atoms with Crippen molar-refractivity contribution in [1.82, 2.24) is 15.0 Å². The molecule has 0 aliphatic carbocycles. The van der Waals surface area contributed by atoms with E-state index in [2.05, 4.69) is 105 Å². The van der Waals surface area contributed by atoms with Crippen LogP contribution in [-0.4, -0.2) is 31.1 Å². The average Bonchev–Trinajstić information content (AvgIpc) is 3.06. The van der Waals surface area contributed by atoms with Crippen molar-refractivity contribution in [1.29, 1.82) is 0 Å².